The van der Waals surface area contributed by atoms with Crippen LogP contribution in [0.4, 0.5) is 13.2 Å². The first-order valence-corrected chi connectivity index (χ1v) is 5.39. The molecule has 0 unspecified atom stereocenters. The lowest BCUT2D eigenvalue weighted by molar-refractivity contribution is -0.170. The van der Waals surface area contributed by atoms with Crippen molar-refractivity contribution in [3.05, 3.63) is 41.0 Å². The molecule has 0 aliphatic heterocycles. The number of fused-ring (bicyclic) bond motifs is 1. The molecule has 1 heterocycles. The highest BCUT2D eigenvalue weighted by Gasteiger charge is 2.38. The van der Waals surface area contributed by atoms with E-state index in [0.29, 0.717) is 10.9 Å². The fraction of sp³-hybridized carbons (Fsp3) is 0.167. The van der Waals surface area contributed by atoms with Crippen molar-refractivity contribution in [3.8, 4) is 0 Å². The first-order chi connectivity index (χ1) is 8.39. The van der Waals surface area contributed by atoms with Crippen molar-refractivity contribution in [2.45, 2.75) is 12.6 Å². The molecular formula is C12H7ClF3NO. The Morgan fingerprint density at radius 1 is 1.28 bits per heavy atom. The van der Waals surface area contributed by atoms with Crippen LogP contribution in [0.3, 0.4) is 0 Å². The van der Waals surface area contributed by atoms with E-state index < -0.39 is 18.4 Å². The van der Waals surface area contributed by atoms with Gasteiger partial charge in [0, 0.05) is 28.6 Å². The molecule has 0 radical (unpaired) electrons. The summed E-state index contributed by atoms with van der Waals surface area (Å²) >= 11 is 5.84. The highest BCUT2D eigenvalue weighted by Crippen LogP contribution is 2.27. The molecule has 0 atom stereocenters. The molecule has 0 spiro atoms. The monoisotopic (exact) mass is 273 g/mol. The van der Waals surface area contributed by atoms with Crippen LogP contribution in [-0.2, 0) is 11.2 Å². The highest BCUT2D eigenvalue weighted by molar-refractivity contribution is 6.32. The molecular weight excluding hydrogens is 267 g/mol. The number of aromatic nitrogens is 1. The van der Waals surface area contributed by atoms with E-state index in [1.165, 1.54) is 12.3 Å². The SMILES string of the molecule is O=C(Cc1c(Cl)ccc2cccnc12)C(F)(F)F. The zero-order valence-electron chi connectivity index (χ0n) is 8.96. The molecule has 1 aromatic carbocycles. The van der Waals surface area contributed by atoms with E-state index in [4.69, 9.17) is 11.6 Å². The molecule has 94 valence electrons. The van der Waals surface area contributed by atoms with Gasteiger partial charge in [-0.2, -0.15) is 13.2 Å². The Morgan fingerprint density at radius 3 is 2.67 bits per heavy atom. The average Bonchev–Trinajstić information content (AvgIpc) is 2.31. The Balaban J connectivity index is 2.50. The summed E-state index contributed by atoms with van der Waals surface area (Å²) < 4.78 is 36.8. The number of Topliss-reactive ketones (excluding diaryl/α,β-unsaturated/α-hetero) is 1. The Labute approximate surface area is 105 Å². The Bertz CT molecular complexity index is 610. The minimum Gasteiger partial charge on any atom is -0.289 e. The zero-order valence-corrected chi connectivity index (χ0v) is 9.72. The van der Waals surface area contributed by atoms with E-state index in [2.05, 4.69) is 4.98 Å². The van der Waals surface area contributed by atoms with Crippen LogP contribution in [-0.4, -0.2) is 16.9 Å². The zero-order chi connectivity index (χ0) is 13.3. The molecule has 2 nitrogen and oxygen atoms in total. The van der Waals surface area contributed by atoms with Crippen LogP contribution in [0.1, 0.15) is 5.56 Å². The van der Waals surface area contributed by atoms with Crippen molar-refractivity contribution in [2.75, 3.05) is 0 Å². The normalized spacial score (nSPS) is 11.8. The molecule has 1 aromatic heterocycles. The molecule has 0 bridgehead atoms. The third-order valence-electron chi connectivity index (χ3n) is 2.48. The van der Waals surface area contributed by atoms with E-state index in [1.807, 2.05) is 0 Å². The molecule has 6 heteroatoms. The maximum atomic E-state index is 12.3. The number of pyridine rings is 1. The maximum absolute atomic E-state index is 12.3. The van der Waals surface area contributed by atoms with Crippen LogP contribution in [0.2, 0.25) is 5.02 Å². The number of carbonyl (C=O) groups excluding carboxylic acids is 1. The molecule has 2 rings (SSSR count). The van der Waals surface area contributed by atoms with E-state index >= 15 is 0 Å². The Morgan fingerprint density at radius 2 is 2.00 bits per heavy atom. The molecule has 2 aromatic rings. The van der Waals surface area contributed by atoms with Gasteiger partial charge in [0.05, 0.1) is 5.52 Å². The first-order valence-electron chi connectivity index (χ1n) is 5.01. The lowest BCUT2D eigenvalue weighted by Crippen LogP contribution is -2.24. The van der Waals surface area contributed by atoms with Gasteiger partial charge < -0.3 is 0 Å². The van der Waals surface area contributed by atoms with Gasteiger partial charge in [-0.25, -0.2) is 0 Å². The molecule has 0 fully saturated rings. The predicted octanol–water partition coefficient (Wildman–Crippen LogP) is 3.56. The van der Waals surface area contributed by atoms with E-state index in [0.717, 1.165) is 0 Å². The van der Waals surface area contributed by atoms with Crippen molar-refractivity contribution in [1.82, 2.24) is 4.98 Å². The van der Waals surface area contributed by atoms with Crippen molar-refractivity contribution >= 4 is 28.3 Å². The van der Waals surface area contributed by atoms with Gasteiger partial charge in [-0.05, 0) is 12.1 Å². The number of rotatable bonds is 2. The summed E-state index contributed by atoms with van der Waals surface area (Å²) in [7, 11) is 0. The molecule has 0 amide bonds. The lowest BCUT2D eigenvalue weighted by atomic mass is 10.0. The second-order valence-corrected chi connectivity index (χ2v) is 4.11. The van der Waals surface area contributed by atoms with Crippen LogP contribution in [0.15, 0.2) is 30.5 Å². The summed E-state index contributed by atoms with van der Waals surface area (Å²) in [6, 6.07) is 6.46. The van der Waals surface area contributed by atoms with Gasteiger partial charge in [-0.3, -0.25) is 9.78 Å². The Kier molecular flexibility index (Phi) is 3.26. The van der Waals surface area contributed by atoms with Gasteiger partial charge in [0.1, 0.15) is 0 Å². The summed E-state index contributed by atoms with van der Waals surface area (Å²) in [4.78, 5) is 15.0. The number of benzene rings is 1. The van der Waals surface area contributed by atoms with E-state index in [-0.39, 0.29) is 10.6 Å². The fourth-order valence-corrected chi connectivity index (χ4v) is 1.83. The molecule has 0 N–H and O–H groups in total. The first kappa shape index (κ1) is 12.8. The minimum absolute atomic E-state index is 0.108. The number of nitrogens with zero attached hydrogens (tertiary/aromatic N) is 1. The van der Waals surface area contributed by atoms with Crippen LogP contribution in [0.5, 0.6) is 0 Å². The van der Waals surface area contributed by atoms with Crippen molar-refractivity contribution in [3.63, 3.8) is 0 Å². The third-order valence-corrected chi connectivity index (χ3v) is 2.83. The lowest BCUT2D eigenvalue weighted by Gasteiger charge is -2.09. The topological polar surface area (TPSA) is 30.0 Å². The van der Waals surface area contributed by atoms with Crippen LogP contribution < -0.4 is 0 Å². The van der Waals surface area contributed by atoms with E-state index in [9.17, 15) is 18.0 Å². The second-order valence-electron chi connectivity index (χ2n) is 3.70. The van der Waals surface area contributed by atoms with Crippen molar-refractivity contribution in [1.29, 1.82) is 0 Å². The summed E-state index contributed by atoms with van der Waals surface area (Å²) in [6.45, 7) is 0. The molecule has 18 heavy (non-hydrogen) atoms. The number of hydrogen-bond acceptors (Lipinski definition) is 2. The smallest absolute Gasteiger partial charge is 0.289 e. The van der Waals surface area contributed by atoms with Crippen LogP contribution >= 0.6 is 11.6 Å². The predicted molar refractivity (Wildman–Crippen MR) is 61.5 cm³/mol. The molecule has 0 saturated heterocycles. The summed E-state index contributed by atoms with van der Waals surface area (Å²) in [5.74, 6) is -1.83. The van der Waals surface area contributed by atoms with Crippen molar-refractivity contribution in [2.24, 2.45) is 0 Å². The van der Waals surface area contributed by atoms with Crippen molar-refractivity contribution < 1.29 is 18.0 Å². The molecule has 0 saturated carbocycles. The summed E-state index contributed by atoms with van der Waals surface area (Å²) in [6.07, 6.45) is -4.21. The maximum Gasteiger partial charge on any atom is 0.450 e. The van der Waals surface area contributed by atoms with Crippen LogP contribution in [0.25, 0.3) is 10.9 Å². The number of carbonyl (C=O) groups is 1. The second kappa shape index (κ2) is 4.57. The van der Waals surface area contributed by atoms with Gasteiger partial charge in [0.25, 0.3) is 0 Å². The van der Waals surface area contributed by atoms with Gasteiger partial charge >= 0.3 is 6.18 Å². The Hall–Kier alpha value is -1.62. The molecule has 0 aliphatic carbocycles. The van der Waals surface area contributed by atoms with Gasteiger partial charge in [-0.1, -0.05) is 23.7 Å². The summed E-state index contributed by atoms with van der Waals surface area (Å²) in [5, 5.41) is 0.755. The number of ketones is 1. The summed E-state index contributed by atoms with van der Waals surface area (Å²) in [5.41, 5.74) is 0.430. The van der Waals surface area contributed by atoms with Gasteiger partial charge in [-0.15, -0.1) is 0 Å². The van der Waals surface area contributed by atoms with Crippen LogP contribution in [0, 0.1) is 0 Å². The number of hydrogen-bond donors (Lipinski definition) is 0. The van der Waals surface area contributed by atoms with Gasteiger partial charge in [0.15, 0.2) is 0 Å². The minimum atomic E-state index is -4.86. The number of alkyl halides is 3. The standard InChI is InChI=1S/C12H7ClF3NO/c13-9-4-3-7-2-1-5-17-11(7)8(9)6-10(18)12(14,15)16/h1-5H,6H2. The quantitative estimate of drug-likeness (QED) is 0.837. The fourth-order valence-electron chi connectivity index (χ4n) is 1.61. The van der Waals surface area contributed by atoms with E-state index in [1.54, 1.807) is 18.2 Å². The number of halogens is 4. The largest absolute Gasteiger partial charge is 0.450 e. The third kappa shape index (κ3) is 2.46. The highest BCUT2D eigenvalue weighted by atomic mass is 35.5. The molecule has 0 aliphatic rings. The average molecular weight is 274 g/mol. The van der Waals surface area contributed by atoms with Gasteiger partial charge in [0.2, 0.25) is 5.78 Å².